The van der Waals surface area contributed by atoms with Crippen molar-refractivity contribution in [1.29, 1.82) is 0 Å². The molecule has 2 nitrogen and oxygen atoms in total. The fourth-order valence-corrected chi connectivity index (χ4v) is 0.962. The molecule has 0 bridgehead atoms. The van der Waals surface area contributed by atoms with E-state index in [1.165, 1.54) is 0 Å². The van der Waals surface area contributed by atoms with E-state index in [9.17, 15) is 4.79 Å². The van der Waals surface area contributed by atoms with E-state index in [4.69, 9.17) is 4.74 Å². The molecule has 0 saturated carbocycles. The zero-order valence-electron chi connectivity index (χ0n) is 5.06. The molecule has 50 valence electrons. The van der Waals surface area contributed by atoms with E-state index in [-0.39, 0.29) is 0 Å². The summed E-state index contributed by atoms with van der Waals surface area (Å²) in [7, 11) is 0. The number of carbonyl (C=O) groups is 1. The average molecular weight is 191 g/mol. The highest BCUT2D eigenvalue weighted by Gasteiger charge is 2.32. The first kappa shape index (κ1) is 6.96. The molecule has 1 heterocycles. The molecule has 1 rings (SSSR count). The molecule has 1 atom stereocenters. The van der Waals surface area contributed by atoms with Crippen LogP contribution in [0.15, 0.2) is 11.6 Å². The summed E-state index contributed by atoms with van der Waals surface area (Å²) in [6.07, 6.45) is 2.63. The highest BCUT2D eigenvalue weighted by molar-refractivity contribution is 9.10. The third-order valence-corrected chi connectivity index (χ3v) is 2.41. The maximum atomic E-state index is 10.3. The van der Waals surface area contributed by atoms with Gasteiger partial charge in [0.15, 0.2) is 10.8 Å². The van der Waals surface area contributed by atoms with Gasteiger partial charge in [-0.15, -0.1) is 0 Å². The van der Waals surface area contributed by atoms with Gasteiger partial charge in [0.1, 0.15) is 0 Å². The van der Waals surface area contributed by atoms with Crippen molar-refractivity contribution < 1.29 is 9.53 Å². The molecule has 0 saturated heterocycles. The molecule has 0 N–H and O–H groups in total. The van der Waals surface area contributed by atoms with Crippen molar-refractivity contribution in [2.45, 2.75) is 11.4 Å². The van der Waals surface area contributed by atoms with Crippen LogP contribution >= 0.6 is 15.9 Å². The summed E-state index contributed by atoms with van der Waals surface area (Å²) in [5.41, 5.74) is 0.928. The summed E-state index contributed by atoms with van der Waals surface area (Å²) < 4.78 is 4.25. The second-order valence-corrected chi connectivity index (χ2v) is 3.14. The van der Waals surface area contributed by atoms with Gasteiger partial charge in [0.2, 0.25) is 0 Å². The number of rotatable bonds is 1. The van der Waals surface area contributed by atoms with E-state index in [0.29, 0.717) is 6.61 Å². The topological polar surface area (TPSA) is 26.3 Å². The highest BCUT2D eigenvalue weighted by Crippen LogP contribution is 2.30. The smallest absolute Gasteiger partial charge is 0.199 e. The van der Waals surface area contributed by atoms with Crippen LogP contribution < -0.4 is 0 Å². The zero-order valence-corrected chi connectivity index (χ0v) is 6.64. The van der Waals surface area contributed by atoms with E-state index >= 15 is 0 Å². The molecular formula is C6H7BrO2. The molecule has 9 heavy (non-hydrogen) atoms. The standard InChI is InChI=1S/C6H7BrO2/c1-5-2-3-9-6(5,7)4-8/h2,4H,3H2,1H3. The number of ether oxygens (including phenoxy) is 1. The van der Waals surface area contributed by atoms with Crippen LogP contribution in [0.5, 0.6) is 0 Å². The Balaban J connectivity index is 2.82. The monoisotopic (exact) mass is 190 g/mol. The molecule has 0 radical (unpaired) electrons. The Morgan fingerprint density at radius 3 is 2.89 bits per heavy atom. The molecule has 0 spiro atoms. The lowest BCUT2D eigenvalue weighted by Crippen LogP contribution is -2.23. The minimum atomic E-state index is -0.812. The normalized spacial score (nSPS) is 34.2. The number of hydrogen-bond acceptors (Lipinski definition) is 2. The highest BCUT2D eigenvalue weighted by atomic mass is 79.9. The lowest BCUT2D eigenvalue weighted by atomic mass is 10.2. The van der Waals surface area contributed by atoms with Crippen molar-refractivity contribution in [3.05, 3.63) is 11.6 Å². The van der Waals surface area contributed by atoms with Gasteiger partial charge in [-0.25, -0.2) is 0 Å². The van der Waals surface area contributed by atoms with Crippen LogP contribution in [0.25, 0.3) is 0 Å². The van der Waals surface area contributed by atoms with Crippen LogP contribution in [0, 0.1) is 0 Å². The number of alkyl halides is 1. The van der Waals surface area contributed by atoms with E-state index in [2.05, 4.69) is 15.9 Å². The first-order valence-corrected chi connectivity index (χ1v) is 3.45. The van der Waals surface area contributed by atoms with Gasteiger partial charge >= 0.3 is 0 Å². The summed E-state index contributed by atoms with van der Waals surface area (Å²) >= 11 is 3.15. The largest absolute Gasteiger partial charge is 0.349 e. The van der Waals surface area contributed by atoms with E-state index in [0.717, 1.165) is 11.9 Å². The fraction of sp³-hybridized carbons (Fsp3) is 0.500. The van der Waals surface area contributed by atoms with Gasteiger partial charge in [-0.2, -0.15) is 0 Å². The third-order valence-electron chi connectivity index (χ3n) is 1.37. The van der Waals surface area contributed by atoms with Gasteiger partial charge in [0.05, 0.1) is 6.61 Å². The summed E-state index contributed by atoms with van der Waals surface area (Å²) in [4.78, 5) is 10.3. The van der Waals surface area contributed by atoms with Crippen LogP contribution in [-0.2, 0) is 9.53 Å². The van der Waals surface area contributed by atoms with Crippen molar-refractivity contribution in [2.75, 3.05) is 6.61 Å². The second-order valence-electron chi connectivity index (χ2n) is 1.96. The van der Waals surface area contributed by atoms with Crippen molar-refractivity contribution in [2.24, 2.45) is 0 Å². The molecule has 3 heteroatoms. The van der Waals surface area contributed by atoms with Crippen LogP contribution in [0.4, 0.5) is 0 Å². The summed E-state index contributed by atoms with van der Waals surface area (Å²) in [5, 5.41) is 0. The van der Waals surface area contributed by atoms with Gasteiger partial charge in [0.25, 0.3) is 0 Å². The van der Waals surface area contributed by atoms with Gasteiger partial charge in [-0.3, -0.25) is 4.79 Å². The summed E-state index contributed by atoms with van der Waals surface area (Å²) in [5.74, 6) is 0. The molecule has 0 aromatic heterocycles. The molecule has 0 aliphatic carbocycles. The van der Waals surface area contributed by atoms with Crippen molar-refractivity contribution in [3.63, 3.8) is 0 Å². The lowest BCUT2D eigenvalue weighted by molar-refractivity contribution is -0.116. The molecule has 0 aromatic rings. The third kappa shape index (κ3) is 1.07. The van der Waals surface area contributed by atoms with E-state index in [1.54, 1.807) is 0 Å². The molecule has 0 fully saturated rings. The Morgan fingerprint density at radius 1 is 2.00 bits per heavy atom. The van der Waals surface area contributed by atoms with Gasteiger partial charge in [-0.05, 0) is 28.4 Å². The van der Waals surface area contributed by atoms with Crippen LogP contribution in [0.2, 0.25) is 0 Å². The average Bonchev–Trinajstić information content (AvgIpc) is 2.15. The Morgan fingerprint density at radius 2 is 2.67 bits per heavy atom. The first-order valence-electron chi connectivity index (χ1n) is 2.65. The number of carbonyl (C=O) groups excluding carboxylic acids is 1. The van der Waals surface area contributed by atoms with E-state index in [1.807, 2.05) is 13.0 Å². The van der Waals surface area contributed by atoms with Crippen LogP contribution in [-0.4, -0.2) is 17.4 Å². The van der Waals surface area contributed by atoms with Crippen molar-refractivity contribution in [1.82, 2.24) is 0 Å². The minimum Gasteiger partial charge on any atom is -0.349 e. The molecular weight excluding hydrogens is 184 g/mol. The second kappa shape index (κ2) is 2.23. The molecule has 1 aliphatic rings. The minimum absolute atomic E-state index is 0.524. The first-order chi connectivity index (χ1) is 4.19. The molecule has 1 unspecified atom stereocenters. The predicted molar refractivity (Wildman–Crippen MR) is 37.4 cm³/mol. The Bertz CT molecular complexity index is 164. The number of aldehydes is 1. The molecule has 0 aromatic carbocycles. The Hall–Kier alpha value is -0.150. The summed E-state index contributed by atoms with van der Waals surface area (Å²) in [6.45, 7) is 2.38. The number of hydrogen-bond donors (Lipinski definition) is 0. The van der Waals surface area contributed by atoms with Crippen LogP contribution in [0.3, 0.4) is 0 Å². The van der Waals surface area contributed by atoms with Crippen LogP contribution in [0.1, 0.15) is 6.92 Å². The maximum absolute atomic E-state index is 10.3. The SMILES string of the molecule is CC1=CCOC1(Br)C=O. The zero-order chi connectivity index (χ0) is 6.91. The predicted octanol–water partition coefficient (Wildman–Crippen LogP) is 1.25. The van der Waals surface area contributed by atoms with Crippen molar-refractivity contribution >= 4 is 22.2 Å². The Kier molecular flexibility index (Phi) is 1.73. The lowest BCUT2D eigenvalue weighted by Gasteiger charge is -2.14. The van der Waals surface area contributed by atoms with Gasteiger partial charge in [0, 0.05) is 0 Å². The molecule has 1 aliphatic heterocycles. The number of halogens is 1. The van der Waals surface area contributed by atoms with Gasteiger partial charge < -0.3 is 4.74 Å². The Labute approximate surface area is 62.0 Å². The molecule has 0 amide bonds. The fourth-order valence-electron chi connectivity index (χ4n) is 0.668. The van der Waals surface area contributed by atoms with Gasteiger partial charge in [-0.1, -0.05) is 6.08 Å². The quantitative estimate of drug-likeness (QED) is 0.354. The van der Waals surface area contributed by atoms with Crippen molar-refractivity contribution in [3.8, 4) is 0 Å². The maximum Gasteiger partial charge on any atom is 0.199 e. The summed E-state index contributed by atoms with van der Waals surface area (Å²) in [6, 6.07) is 0. The van der Waals surface area contributed by atoms with E-state index < -0.39 is 4.51 Å².